The van der Waals surface area contributed by atoms with Gasteiger partial charge in [-0.1, -0.05) is 18.2 Å². The van der Waals surface area contributed by atoms with E-state index in [1.54, 1.807) is 11.3 Å². The minimum absolute atomic E-state index is 0.583. The van der Waals surface area contributed by atoms with Crippen LogP contribution in [0.15, 0.2) is 40.2 Å². The Balaban J connectivity index is 1.58. The summed E-state index contributed by atoms with van der Waals surface area (Å²) in [5.41, 5.74) is 2.73. The molecule has 0 bridgehead atoms. The number of rotatable bonds is 4. The Hall–Kier alpha value is -0.840. The van der Waals surface area contributed by atoms with Gasteiger partial charge in [-0.25, -0.2) is 0 Å². The van der Waals surface area contributed by atoms with Gasteiger partial charge in [-0.3, -0.25) is 0 Å². The minimum atomic E-state index is 0.583. The van der Waals surface area contributed by atoms with Crippen LogP contribution in [0, 0.1) is 0 Å². The van der Waals surface area contributed by atoms with E-state index in [4.69, 9.17) is 0 Å². The van der Waals surface area contributed by atoms with E-state index in [1.807, 2.05) is 0 Å². The zero-order valence-corrected chi connectivity index (χ0v) is 12.4. The second-order valence-electron chi connectivity index (χ2n) is 4.49. The van der Waals surface area contributed by atoms with Crippen LogP contribution >= 0.6 is 27.3 Å². The average molecular weight is 323 g/mol. The smallest absolute Gasteiger partial charge is 0.0376 e. The van der Waals surface area contributed by atoms with Crippen LogP contribution in [0.4, 0.5) is 5.69 Å². The van der Waals surface area contributed by atoms with Gasteiger partial charge in [0.15, 0.2) is 0 Å². The summed E-state index contributed by atoms with van der Waals surface area (Å²) in [6, 6.07) is 10.7. The van der Waals surface area contributed by atoms with Gasteiger partial charge in [-0.05, 0) is 39.0 Å². The SMILES string of the molecule is Brc1ccsc1CNCC1CNc2ccccc21. The number of para-hydroxylation sites is 1. The van der Waals surface area contributed by atoms with Crippen molar-refractivity contribution in [3.05, 3.63) is 50.6 Å². The number of anilines is 1. The molecular formula is C14H15BrN2S. The molecule has 0 saturated heterocycles. The summed E-state index contributed by atoms with van der Waals surface area (Å²) in [4.78, 5) is 1.37. The molecule has 2 N–H and O–H groups in total. The lowest BCUT2D eigenvalue weighted by atomic mass is 10.0. The second-order valence-corrected chi connectivity index (χ2v) is 6.34. The van der Waals surface area contributed by atoms with Crippen molar-refractivity contribution in [2.75, 3.05) is 18.4 Å². The average Bonchev–Trinajstić information content (AvgIpc) is 2.97. The highest BCUT2D eigenvalue weighted by Gasteiger charge is 2.20. The maximum absolute atomic E-state index is 3.56. The summed E-state index contributed by atoms with van der Waals surface area (Å²) in [6.45, 7) is 3.00. The van der Waals surface area contributed by atoms with Crippen molar-refractivity contribution >= 4 is 33.0 Å². The molecule has 1 aromatic carbocycles. The van der Waals surface area contributed by atoms with Crippen LogP contribution in [0.1, 0.15) is 16.4 Å². The van der Waals surface area contributed by atoms with Crippen LogP contribution < -0.4 is 10.6 Å². The first-order valence-electron chi connectivity index (χ1n) is 6.10. The summed E-state index contributed by atoms with van der Waals surface area (Å²) in [7, 11) is 0. The number of hydrogen-bond donors (Lipinski definition) is 2. The van der Waals surface area contributed by atoms with Crippen molar-refractivity contribution in [1.29, 1.82) is 0 Å². The predicted molar refractivity (Wildman–Crippen MR) is 81.4 cm³/mol. The number of benzene rings is 1. The monoisotopic (exact) mass is 322 g/mol. The zero-order valence-electron chi connectivity index (χ0n) is 9.95. The van der Waals surface area contributed by atoms with E-state index < -0.39 is 0 Å². The molecule has 0 aliphatic carbocycles. The molecule has 2 nitrogen and oxygen atoms in total. The summed E-state index contributed by atoms with van der Waals surface area (Å²) in [5.74, 6) is 0.583. The van der Waals surface area contributed by atoms with Gasteiger partial charge in [0.25, 0.3) is 0 Å². The highest BCUT2D eigenvalue weighted by Crippen LogP contribution is 2.30. The van der Waals surface area contributed by atoms with Crippen LogP contribution in [0.2, 0.25) is 0 Å². The largest absolute Gasteiger partial charge is 0.384 e. The van der Waals surface area contributed by atoms with Crippen molar-refractivity contribution < 1.29 is 0 Å². The standard InChI is InChI=1S/C14H15BrN2S/c15-12-5-6-18-14(12)9-16-7-10-8-17-13-4-2-1-3-11(10)13/h1-6,10,16-17H,7-9H2. The Labute approximate surface area is 120 Å². The Kier molecular flexibility index (Phi) is 3.68. The van der Waals surface area contributed by atoms with Gasteiger partial charge < -0.3 is 10.6 Å². The minimum Gasteiger partial charge on any atom is -0.384 e. The first kappa shape index (κ1) is 12.2. The molecule has 0 radical (unpaired) electrons. The quantitative estimate of drug-likeness (QED) is 0.894. The zero-order chi connectivity index (χ0) is 12.4. The topological polar surface area (TPSA) is 24.1 Å². The van der Waals surface area contributed by atoms with Gasteiger partial charge in [-0.2, -0.15) is 0 Å². The van der Waals surface area contributed by atoms with Crippen molar-refractivity contribution in [3.63, 3.8) is 0 Å². The van der Waals surface area contributed by atoms with Gasteiger partial charge >= 0.3 is 0 Å². The lowest BCUT2D eigenvalue weighted by Gasteiger charge is -2.11. The molecule has 1 aliphatic heterocycles. The van der Waals surface area contributed by atoms with E-state index in [0.29, 0.717) is 5.92 Å². The predicted octanol–water partition coefficient (Wildman–Crippen LogP) is 3.81. The summed E-state index contributed by atoms with van der Waals surface area (Å²) in [5, 5.41) is 9.13. The Morgan fingerprint density at radius 2 is 2.22 bits per heavy atom. The molecule has 0 spiro atoms. The summed E-state index contributed by atoms with van der Waals surface area (Å²) >= 11 is 5.36. The molecule has 2 heterocycles. The van der Waals surface area contributed by atoms with Crippen LogP contribution in [0.3, 0.4) is 0 Å². The molecule has 0 saturated carbocycles. The lowest BCUT2D eigenvalue weighted by molar-refractivity contribution is 0.616. The highest BCUT2D eigenvalue weighted by molar-refractivity contribution is 9.10. The summed E-state index contributed by atoms with van der Waals surface area (Å²) < 4.78 is 1.21. The van der Waals surface area contributed by atoms with Gasteiger partial charge in [-0.15, -0.1) is 11.3 Å². The number of halogens is 1. The fourth-order valence-electron chi connectivity index (χ4n) is 2.35. The Morgan fingerprint density at radius 3 is 3.06 bits per heavy atom. The highest BCUT2D eigenvalue weighted by atomic mass is 79.9. The fourth-order valence-corrected chi connectivity index (χ4v) is 3.81. The Morgan fingerprint density at radius 1 is 1.33 bits per heavy atom. The van der Waals surface area contributed by atoms with Crippen molar-refractivity contribution in [1.82, 2.24) is 5.32 Å². The third-order valence-corrected chi connectivity index (χ3v) is 5.23. The molecule has 1 unspecified atom stereocenters. The molecule has 2 aromatic rings. The maximum Gasteiger partial charge on any atom is 0.0376 e. The van der Waals surface area contributed by atoms with Gasteiger partial charge in [0.1, 0.15) is 0 Å². The fraction of sp³-hybridized carbons (Fsp3) is 0.286. The molecule has 3 rings (SSSR count). The number of thiophene rings is 1. The van der Waals surface area contributed by atoms with E-state index in [9.17, 15) is 0 Å². The van der Waals surface area contributed by atoms with Crippen molar-refractivity contribution in [2.45, 2.75) is 12.5 Å². The third-order valence-electron chi connectivity index (χ3n) is 3.31. The van der Waals surface area contributed by atoms with Crippen molar-refractivity contribution in [2.24, 2.45) is 0 Å². The molecule has 94 valence electrons. The molecule has 1 aliphatic rings. The molecule has 1 aromatic heterocycles. The first-order valence-corrected chi connectivity index (χ1v) is 7.77. The first-order chi connectivity index (χ1) is 8.84. The normalized spacial score (nSPS) is 17.5. The van der Waals surface area contributed by atoms with Crippen LogP contribution in [0.25, 0.3) is 0 Å². The van der Waals surface area contributed by atoms with Crippen LogP contribution in [-0.2, 0) is 6.54 Å². The van der Waals surface area contributed by atoms with E-state index >= 15 is 0 Å². The molecule has 1 atom stereocenters. The van der Waals surface area contributed by atoms with Crippen LogP contribution in [0.5, 0.6) is 0 Å². The van der Waals surface area contributed by atoms with Crippen LogP contribution in [-0.4, -0.2) is 13.1 Å². The summed E-state index contributed by atoms with van der Waals surface area (Å²) in [6.07, 6.45) is 0. The van der Waals surface area contributed by atoms with Gasteiger partial charge in [0.05, 0.1) is 0 Å². The number of fused-ring (bicyclic) bond motifs is 1. The van der Waals surface area contributed by atoms with Gasteiger partial charge in [0, 0.05) is 40.6 Å². The molecular weight excluding hydrogens is 308 g/mol. The third kappa shape index (κ3) is 2.46. The number of hydrogen-bond acceptors (Lipinski definition) is 3. The second kappa shape index (κ2) is 5.43. The van der Waals surface area contributed by atoms with E-state index in [-0.39, 0.29) is 0 Å². The number of nitrogens with one attached hydrogen (secondary N) is 2. The van der Waals surface area contributed by atoms with E-state index in [2.05, 4.69) is 62.3 Å². The molecule has 18 heavy (non-hydrogen) atoms. The van der Waals surface area contributed by atoms with Crippen molar-refractivity contribution in [3.8, 4) is 0 Å². The van der Waals surface area contributed by atoms with Gasteiger partial charge in [0.2, 0.25) is 0 Å². The Bertz CT molecular complexity index is 538. The lowest BCUT2D eigenvalue weighted by Crippen LogP contribution is -2.22. The maximum atomic E-state index is 3.56. The van der Waals surface area contributed by atoms with E-state index in [0.717, 1.165) is 19.6 Å². The molecule has 0 fully saturated rings. The molecule has 4 heteroatoms. The molecule has 0 amide bonds. The van der Waals surface area contributed by atoms with E-state index in [1.165, 1.54) is 20.6 Å².